The molecule has 0 saturated carbocycles. The van der Waals surface area contributed by atoms with Crippen LogP contribution in [0.2, 0.25) is 0 Å². The molecule has 35 heavy (non-hydrogen) atoms. The predicted molar refractivity (Wildman–Crippen MR) is 133 cm³/mol. The molecule has 1 amide bonds. The van der Waals surface area contributed by atoms with Crippen LogP contribution in [0.25, 0.3) is 55.8 Å². The van der Waals surface area contributed by atoms with E-state index in [-0.39, 0.29) is 5.91 Å². The summed E-state index contributed by atoms with van der Waals surface area (Å²) < 4.78 is 5.26. The molecule has 0 saturated heterocycles. The van der Waals surface area contributed by atoms with Crippen LogP contribution in [-0.2, 0) is 4.79 Å². The Bertz CT molecular complexity index is 1660. The number of fused-ring (bicyclic) bond motifs is 2. The number of rotatable bonds is 6. The van der Waals surface area contributed by atoms with Gasteiger partial charge in [0.2, 0.25) is 5.91 Å². The summed E-state index contributed by atoms with van der Waals surface area (Å²) in [6, 6.07) is 11.8. The van der Waals surface area contributed by atoms with Gasteiger partial charge in [0.1, 0.15) is 5.69 Å². The van der Waals surface area contributed by atoms with Crippen molar-refractivity contribution in [3.05, 3.63) is 67.5 Å². The van der Waals surface area contributed by atoms with Crippen molar-refractivity contribution in [1.82, 2.24) is 30.1 Å². The third-order valence-corrected chi connectivity index (χ3v) is 5.82. The molecule has 0 bridgehead atoms. The molecule has 0 unspecified atom stereocenters. The highest BCUT2D eigenvalue weighted by Crippen LogP contribution is 2.32. The standard InChI is InChI=1S/C26H21N7O2/c1-2-4-22(34)29-18-9-16(11-27-13-18)17-10-20-24(32-33-25(20)28-12-17)26-30-21-6-3-5-19(23(21)31-26)15-7-8-35-14-15/h3,5-14H,2,4H2,1H3,(H,29,34)(H,30,31)(H,28,32,33). The number of hydrogen-bond donors (Lipinski definition) is 3. The smallest absolute Gasteiger partial charge is 0.224 e. The van der Waals surface area contributed by atoms with Crippen molar-refractivity contribution in [2.24, 2.45) is 0 Å². The minimum absolute atomic E-state index is 0.0307. The molecule has 0 aliphatic rings. The number of carbonyl (C=O) groups is 1. The molecule has 6 rings (SSSR count). The molecule has 5 aromatic heterocycles. The predicted octanol–water partition coefficient (Wildman–Crippen LogP) is 5.56. The number of H-pyrrole nitrogens is 2. The van der Waals surface area contributed by atoms with Crippen molar-refractivity contribution in [2.45, 2.75) is 19.8 Å². The van der Waals surface area contributed by atoms with E-state index >= 15 is 0 Å². The maximum atomic E-state index is 12.0. The summed E-state index contributed by atoms with van der Waals surface area (Å²) in [5.41, 5.74) is 7.35. The highest BCUT2D eigenvalue weighted by atomic mass is 16.3. The van der Waals surface area contributed by atoms with Crippen molar-refractivity contribution in [1.29, 1.82) is 0 Å². The van der Waals surface area contributed by atoms with Crippen LogP contribution in [0.1, 0.15) is 19.8 Å². The zero-order valence-corrected chi connectivity index (χ0v) is 18.9. The Hall–Kier alpha value is -4.79. The average Bonchev–Trinajstić information content (AvgIpc) is 3.63. The molecular weight excluding hydrogens is 442 g/mol. The molecule has 172 valence electrons. The summed E-state index contributed by atoms with van der Waals surface area (Å²) >= 11 is 0. The van der Waals surface area contributed by atoms with Gasteiger partial charge in [-0.15, -0.1) is 0 Å². The van der Waals surface area contributed by atoms with E-state index in [9.17, 15) is 4.79 Å². The minimum atomic E-state index is -0.0307. The van der Waals surface area contributed by atoms with Crippen molar-refractivity contribution < 1.29 is 9.21 Å². The lowest BCUT2D eigenvalue weighted by Crippen LogP contribution is -2.10. The number of anilines is 1. The first-order valence-electron chi connectivity index (χ1n) is 11.3. The van der Waals surface area contributed by atoms with Crippen LogP contribution in [0.3, 0.4) is 0 Å². The average molecular weight is 464 g/mol. The SMILES string of the molecule is CCCC(=O)Nc1cncc(-c2cnc3[nH]nc(-c4nc5c(-c6ccoc6)cccc5[nH]4)c3c2)c1. The molecule has 3 N–H and O–H groups in total. The highest BCUT2D eigenvalue weighted by molar-refractivity contribution is 5.97. The Balaban J connectivity index is 1.40. The van der Waals surface area contributed by atoms with Gasteiger partial charge in [-0.3, -0.25) is 14.9 Å². The summed E-state index contributed by atoms with van der Waals surface area (Å²) in [6.45, 7) is 1.97. The second-order valence-electron chi connectivity index (χ2n) is 8.25. The molecule has 0 radical (unpaired) electrons. The third kappa shape index (κ3) is 3.82. The normalized spacial score (nSPS) is 11.3. The summed E-state index contributed by atoms with van der Waals surface area (Å²) in [4.78, 5) is 29.1. The lowest BCUT2D eigenvalue weighted by molar-refractivity contribution is -0.116. The van der Waals surface area contributed by atoms with Gasteiger partial charge in [-0.2, -0.15) is 5.10 Å². The van der Waals surface area contributed by atoms with Gasteiger partial charge in [-0.05, 0) is 30.7 Å². The summed E-state index contributed by atoms with van der Waals surface area (Å²) in [5.74, 6) is 0.608. The van der Waals surface area contributed by atoms with Gasteiger partial charge < -0.3 is 14.7 Å². The van der Waals surface area contributed by atoms with E-state index in [1.54, 1.807) is 31.1 Å². The fourth-order valence-corrected chi connectivity index (χ4v) is 4.15. The van der Waals surface area contributed by atoms with Crippen molar-refractivity contribution >= 4 is 33.7 Å². The number of para-hydroxylation sites is 1. The number of nitrogens with one attached hydrogen (secondary N) is 3. The van der Waals surface area contributed by atoms with Crippen LogP contribution in [0.4, 0.5) is 5.69 Å². The monoisotopic (exact) mass is 463 g/mol. The van der Waals surface area contributed by atoms with E-state index in [2.05, 4.69) is 30.5 Å². The van der Waals surface area contributed by atoms with Gasteiger partial charge in [0.15, 0.2) is 11.5 Å². The van der Waals surface area contributed by atoms with Crippen molar-refractivity contribution in [2.75, 3.05) is 5.32 Å². The summed E-state index contributed by atoms with van der Waals surface area (Å²) in [5, 5.41) is 11.2. The number of carbonyl (C=O) groups excluding carboxylic acids is 1. The number of amides is 1. The first kappa shape index (κ1) is 20.8. The molecule has 0 spiro atoms. The first-order valence-corrected chi connectivity index (χ1v) is 11.3. The second kappa shape index (κ2) is 8.53. The maximum Gasteiger partial charge on any atom is 0.224 e. The molecule has 9 nitrogen and oxygen atoms in total. The maximum absolute atomic E-state index is 12.0. The van der Waals surface area contributed by atoms with E-state index < -0.39 is 0 Å². The van der Waals surface area contributed by atoms with Gasteiger partial charge >= 0.3 is 0 Å². The fraction of sp³-hybridized carbons (Fsp3) is 0.115. The number of hydrogen-bond acceptors (Lipinski definition) is 6. The van der Waals surface area contributed by atoms with Gasteiger partial charge in [0.05, 0.1) is 40.8 Å². The number of pyridine rings is 2. The quantitative estimate of drug-likeness (QED) is 0.297. The topological polar surface area (TPSA) is 125 Å². The molecule has 6 aromatic rings. The summed E-state index contributed by atoms with van der Waals surface area (Å²) in [7, 11) is 0. The zero-order valence-electron chi connectivity index (χ0n) is 18.9. The fourth-order valence-electron chi connectivity index (χ4n) is 4.15. The molecule has 0 aliphatic heterocycles. The van der Waals surface area contributed by atoms with Crippen LogP contribution in [0.15, 0.2) is 71.9 Å². The van der Waals surface area contributed by atoms with Crippen LogP contribution >= 0.6 is 0 Å². The second-order valence-corrected chi connectivity index (χ2v) is 8.25. The molecule has 0 atom stereocenters. The van der Waals surface area contributed by atoms with Gasteiger partial charge in [0.25, 0.3) is 0 Å². The number of aromatic amines is 2. The van der Waals surface area contributed by atoms with E-state index in [0.29, 0.717) is 29.3 Å². The first-order chi connectivity index (χ1) is 17.2. The van der Waals surface area contributed by atoms with E-state index in [0.717, 1.165) is 45.1 Å². The number of imidazole rings is 1. The molecular formula is C26H21N7O2. The molecule has 0 fully saturated rings. The van der Waals surface area contributed by atoms with E-state index in [1.165, 1.54) is 0 Å². The Morgan fingerprint density at radius 3 is 2.86 bits per heavy atom. The number of benzene rings is 1. The lowest BCUT2D eigenvalue weighted by atomic mass is 10.1. The largest absolute Gasteiger partial charge is 0.472 e. The van der Waals surface area contributed by atoms with Crippen LogP contribution in [-0.4, -0.2) is 36.0 Å². The molecule has 9 heteroatoms. The van der Waals surface area contributed by atoms with Crippen LogP contribution < -0.4 is 5.32 Å². The lowest BCUT2D eigenvalue weighted by Gasteiger charge is -2.07. The van der Waals surface area contributed by atoms with Crippen LogP contribution in [0, 0.1) is 0 Å². The Labute approximate surface area is 199 Å². The zero-order chi connectivity index (χ0) is 23.8. The molecule has 0 aliphatic carbocycles. The third-order valence-electron chi connectivity index (χ3n) is 5.82. The van der Waals surface area contributed by atoms with Gasteiger partial charge in [0, 0.05) is 41.1 Å². The highest BCUT2D eigenvalue weighted by Gasteiger charge is 2.17. The summed E-state index contributed by atoms with van der Waals surface area (Å²) in [6.07, 6.45) is 9.75. The number of aromatic nitrogens is 6. The van der Waals surface area contributed by atoms with Gasteiger partial charge in [-0.1, -0.05) is 19.1 Å². The Kier molecular flexibility index (Phi) is 5.07. The number of nitrogens with zero attached hydrogens (tertiary/aromatic N) is 4. The van der Waals surface area contributed by atoms with E-state index in [4.69, 9.17) is 9.40 Å². The Morgan fingerprint density at radius 2 is 2.00 bits per heavy atom. The Morgan fingerprint density at radius 1 is 1.09 bits per heavy atom. The minimum Gasteiger partial charge on any atom is -0.472 e. The number of furan rings is 1. The van der Waals surface area contributed by atoms with Crippen LogP contribution in [0.5, 0.6) is 0 Å². The van der Waals surface area contributed by atoms with Crippen molar-refractivity contribution in [3.8, 4) is 33.8 Å². The van der Waals surface area contributed by atoms with Gasteiger partial charge in [-0.25, -0.2) is 9.97 Å². The molecule has 5 heterocycles. The van der Waals surface area contributed by atoms with E-state index in [1.807, 2.05) is 43.3 Å². The molecule has 1 aromatic carbocycles. The van der Waals surface area contributed by atoms with Crippen molar-refractivity contribution in [3.63, 3.8) is 0 Å².